The SMILES string of the molecule is CCCCCCN(CCCCCC)N=Nc1ccccc1. The van der Waals surface area contributed by atoms with Crippen molar-refractivity contribution >= 4 is 5.69 Å². The lowest BCUT2D eigenvalue weighted by molar-refractivity contribution is 0.257. The molecule has 3 nitrogen and oxygen atoms in total. The molecule has 0 fully saturated rings. The second-order valence-electron chi connectivity index (χ2n) is 5.60. The number of unbranched alkanes of at least 4 members (excludes halogenated alkanes) is 6. The Bertz CT molecular complexity index is 350. The van der Waals surface area contributed by atoms with Crippen molar-refractivity contribution in [3.05, 3.63) is 30.3 Å². The summed E-state index contributed by atoms with van der Waals surface area (Å²) in [6.45, 7) is 6.56. The van der Waals surface area contributed by atoms with E-state index in [1.165, 1.54) is 51.4 Å². The summed E-state index contributed by atoms with van der Waals surface area (Å²) in [6.07, 6.45) is 10.2. The van der Waals surface area contributed by atoms with Crippen LogP contribution >= 0.6 is 0 Å². The van der Waals surface area contributed by atoms with Crippen LogP contribution in [-0.2, 0) is 0 Å². The highest BCUT2D eigenvalue weighted by atomic mass is 15.5. The number of nitrogens with zero attached hydrogens (tertiary/aromatic N) is 3. The molecule has 0 aliphatic heterocycles. The van der Waals surface area contributed by atoms with Crippen LogP contribution in [0.3, 0.4) is 0 Å². The first-order chi connectivity index (χ1) is 10.4. The predicted octanol–water partition coefficient (Wildman–Crippen LogP) is 6.15. The van der Waals surface area contributed by atoms with Gasteiger partial charge in [-0.05, 0) is 25.0 Å². The molecule has 0 aliphatic carbocycles. The molecule has 1 aromatic rings. The van der Waals surface area contributed by atoms with E-state index in [1.807, 2.05) is 30.3 Å². The molecule has 0 radical (unpaired) electrons. The summed E-state index contributed by atoms with van der Waals surface area (Å²) < 4.78 is 0. The van der Waals surface area contributed by atoms with Crippen LogP contribution in [0.2, 0.25) is 0 Å². The van der Waals surface area contributed by atoms with E-state index >= 15 is 0 Å². The second kappa shape index (κ2) is 12.4. The van der Waals surface area contributed by atoms with Crippen molar-refractivity contribution in [3.63, 3.8) is 0 Å². The molecule has 118 valence electrons. The van der Waals surface area contributed by atoms with E-state index in [-0.39, 0.29) is 0 Å². The largest absolute Gasteiger partial charge is 0.278 e. The third kappa shape index (κ3) is 9.22. The molecule has 0 atom stereocenters. The molecule has 0 spiro atoms. The Labute approximate surface area is 130 Å². The van der Waals surface area contributed by atoms with Crippen LogP contribution in [0.5, 0.6) is 0 Å². The summed E-state index contributed by atoms with van der Waals surface area (Å²) in [5.41, 5.74) is 0.935. The Hall–Kier alpha value is -1.38. The van der Waals surface area contributed by atoms with Gasteiger partial charge in [-0.2, -0.15) is 0 Å². The normalized spacial score (nSPS) is 11.1. The molecule has 0 unspecified atom stereocenters. The van der Waals surface area contributed by atoms with Gasteiger partial charge in [0.15, 0.2) is 0 Å². The van der Waals surface area contributed by atoms with Crippen molar-refractivity contribution in [2.75, 3.05) is 13.1 Å². The number of hydrogen-bond donors (Lipinski definition) is 0. The minimum Gasteiger partial charge on any atom is -0.278 e. The van der Waals surface area contributed by atoms with Crippen LogP contribution in [0.15, 0.2) is 40.7 Å². The third-order valence-corrected chi connectivity index (χ3v) is 3.58. The summed E-state index contributed by atoms with van der Waals surface area (Å²) in [4.78, 5) is 0. The van der Waals surface area contributed by atoms with Crippen molar-refractivity contribution in [1.29, 1.82) is 0 Å². The van der Waals surface area contributed by atoms with Crippen LogP contribution in [0.4, 0.5) is 5.69 Å². The third-order valence-electron chi connectivity index (χ3n) is 3.58. The van der Waals surface area contributed by atoms with E-state index in [1.54, 1.807) is 0 Å². The van der Waals surface area contributed by atoms with Gasteiger partial charge in [-0.25, -0.2) is 0 Å². The lowest BCUT2D eigenvalue weighted by atomic mass is 10.2. The van der Waals surface area contributed by atoms with E-state index < -0.39 is 0 Å². The van der Waals surface area contributed by atoms with Gasteiger partial charge in [0.2, 0.25) is 0 Å². The van der Waals surface area contributed by atoms with Gasteiger partial charge in [0.1, 0.15) is 0 Å². The van der Waals surface area contributed by atoms with Gasteiger partial charge in [0.05, 0.1) is 5.69 Å². The van der Waals surface area contributed by atoms with Crippen LogP contribution in [-0.4, -0.2) is 18.1 Å². The van der Waals surface area contributed by atoms with Crippen molar-refractivity contribution in [1.82, 2.24) is 5.01 Å². The molecule has 0 saturated carbocycles. The summed E-state index contributed by atoms with van der Waals surface area (Å²) in [6, 6.07) is 10.0. The van der Waals surface area contributed by atoms with Crippen molar-refractivity contribution in [2.45, 2.75) is 65.2 Å². The minimum atomic E-state index is 0.935. The first kappa shape index (κ1) is 17.7. The zero-order valence-electron chi connectivity index (χ0n) is 13.8. The summed E-state index contributed by atoms with van der Waals surface area (Å²) in [7, 11) is 0. The van der Waals surface area contributed by atoms with Gasteiger partial charge in [0, 0.05) is 13.1 Å². The molecule has 0 heterocycles. The Morgan fingerprint density at radius 3 is 1.86 bits per heavy atom. The maximum atomic E-state index is 4.45. The first-order valence-corrected chi connectivity index (χ1v) is 8.58. The van der Waals surface area contributed by atoms with Crippen molar-refractivity contribution in [3.8, 4) is 0 Å². The molecule has 21 heavy (non-hydrogen) atoms. The highest BCUT2D eigenvalue weighted by Crippen LogP contribution is 2.12. The first-order valence-electron chi connectivity index (χ1n) is 8.58. The molecular formula is C18H31N3. The average molecular weight is 289 g/mol. The lowest BCUT2D eigenvalue weighted by Crippen LogP contribution is -2.19. The Balaban J connectivity index is 2.40. The summed E-state index contributed by atoms with van der Waals surface area (Å²) >= 11 is 0. The van der Waals surface area contributed by atoms with E-state index in [2.05, 4.69) is 29.2 Å². The zero-order valence-corrected chi connectivity index (χ0v) is 13.8. The molecule has 0 bridgehead atoms. The van der Waals surface area contributed by atoms with Gasteiger partial charge >= 0.3 is 0 Å². The van der Waals surface area contributed by atoms with Crippen molar-refractivity contribution in [2.24, 2.45) is 10.3 Å². The monoisotopic (exact) mass is 289 g/mol. The molecule has 1 aromatic carbocycles. The number of benzene rings is 1. The van der Waals surface area contributed by atoms with Gasteiger partial charge in [0.25, 0.3) is 0 Å². The van der Waals surface area contributed by atoms with Crippen LogP contribution in [0, 0.1) is 0 Å². The van der Waals surface area contributed by atoms with Crippen LogP contribution in [0.1, 0.15) is 65.2 Å². The molecule has 1 rings (SSSR count). The smallest absolute Gasteiger partial charge is 0.0874 e. The second-order valence-corrected chi connectivity index (χ2v) is 5.60. The Kier molecular flexibility index (Phi) is 10.4. The van der Waals surface area contributed by atoms with Crippen molar-refractivity contribution < 1.29 is 0 Å². The summed E-state index contributed by atoms with van der Waals surface area (Å²) in [5.74, 6) is 0. The zero-order chi connectivity index (χ0) is 15.2. The maximum absolute atomic E-state index is 4.45. The average Bonchev–Trinajstić information content (AvgIpc) is 2.53. The topological polar surface area (TPSA) is 28.0 Å². The van der Waals surface area contributed by atoms with Gasteiger partial charge in [-0.1, -0.05) is 75.8 Å². The fourth-order valence-electron chi connectivity index (χ4n) is 2.25. The molecule has 0 N–H and O–H groups in total. The standard InChI is InChI=1S/C18H31N3/c1-3-5-7-12-16-21(17-13-8-6-4-2)20-19-18-14-10-9-11-15-18/h9-11,14-15H,3-8,12-13,16-17H2,1-2H3. The lowest BCUT2D eigenvalue weighted by Gasteiger charge is -2.17. The Morgan fingerprint density at radius 2 is 1.33 bits per heavy atom. The highest BCUT2D eigenvalue weighted by molar-refractivity contribution is 5.34. The van der Waals surface area contributed by atoms with Crippen LogP contribution in [0.25, 0.3) is 0 Å². The highest BCUT2D eigenvalue weighted by Gasteiger charge is 2.01. The van der Waals surface area contributed by atoms with Gasteiger partial charge in [-0.3, -0.25) is 5.01 Å². The van der Waals surface area contributed by atoms with E-state index in [0.717, 1.165) is 18.8 Å². The van der Waals surface area contributed by atoms with Gasteiger partial charge < -0.3 is 0 Å². The number of rotatable bonds is 12. The van der Waals surface area contributed by atoms with E-state index in [9.17, 15) is 0 Å². The van der Waals surface area contributed by atoms with Gasteiger partial charge in [-0.15, -0.1) is 5.11 Å². The van der Waals surface area contributed by atoms with Crippen LogP contribution < -0.4 is 0 Å². The molecule has 3 heteroatoms. The number of hydrogen-bond acceptors (Lipinski definition) is 2. The molecular weight excluding hydrogens is 258 g/mol. The van der Waals surface area contributed by atoms with E-state index in [4.69, 9.17) is 0 Å². The quantitative estimate of drug-likeness (QED) is 0.258. The maximum Gasteiger partial charge on any atom is 0.0874 e. The Morgan fingerprint density at radius 1 is 0.762 bits per heavy atom. The fraction of sp³-hybridized carbons (Fsp3) is 0.667. The fourth-order valence-corrected chi connectivity index (χ4v) is 2.25. The predicted molar refractivity (Wildman–Crippen MR) is 90.8 cm³/mol. The minimum absolute atomic E-state index is 0.935. The molecule has 0 aliphatic rings. The molecule has 0 amide bonds. The molecule has 0 saturated heterocycles. The van der Waals surface area contributed by atoms with E-state index in [0.29, 0.717) is 0 Å². The molecule has 0 aromatic heterocycles. The summed E-state index contributed by atoms with van der Waals surface area (Å²) in [5, 5.41) is 11.0.